The number of hydrogen-bond acceptors (Lipinski definition) is 6. The SMILES string of the molecule is COc1cc2nc[nH+]c(N3CCC(NC(=O)Nc4ccc(N5CCCCC5)cc4)C3)c2cc1OC. The van der Waals surface area contributed by atoms with Gasteiger partial charge in [-0.1, -0.05) is 0 Å². The van der Waals surface area contributed by atoms with Gasteiger partial charge < -0.3 is 25.0 Å². The number of benzene rings is 2. The Bertz CT molecular complexity index is 1180. The maximum atomic E-state index is 12.7. The fourth-order valence-electron chi connectivity index (χ4n) is 5.01. The number of fused-ring (bicyclic) bond motifs is 1. The number of nitrogens with zero attached hydrogens (tertiary/aromatic N) is 3. The molecule has 2 aromatic carbocycles. The minimum absolute atomic E-state index is 0.0411. The fraction of sp³-hybridized carbons (Fsp3) is 0.423. The topological polar surface area (TPSA) is 93.1 Å². The van der Waals surface area contributed by atoms with E-state index >= 15 is 0 Å². The fourth-order valence-corrected chi connectivity index (χ4v) is 5.01. The monoisotopic (exact) mass is 477 g/mol. The lowest BCUT2D eigenvalue weighted by Gasteiger charge is -2.28. The van der Waals surface area contributed by atoms with E-state index in [-0.39, 0.29) is 12.1 Å². The van der Waals surface area contributed by atoms with Crippen LogP contribution in [0.15, 0.2) is 42.7 Å². The number of aromatic nitrogens is 2. The zero-order chi connectivity index (χ0) is 24.2. The molecule has 0 radical (unpaired) electrons. The van der Waals surface area contributed by atoms with Crippen molar-refractivity contribution in [3.63, 3.8) is 0 Å². The predicted molar refractivity (Wildman–Crippen MR) is 137 cm³/mol. The first-order valence-electron chi connectivity index (χ1n) is 12.2. The molecule has 3 heterocycles. The van der Waals surface area contributed by atoms with Gasteiger partial charge in [0.05, 0.1) is 38.7 Å². The van der Waals surface area contributed by atoms with Gasteiger partial charge in [0.2, 0.25) is 12.1 Å². The van der Waals surface area contributed by atoms with Crippen LogP contribution in [0.5, 0.6) is 11.5 Å². The summed E-state index contributed by atoms with van der Waals surface area (Å²) in [6, 6.07) is 11.8. The van der Waals surface area contributed by atoms with Gasteiger partial charge in [0.15, 0.2) is 17.0 Å². The Kier molecular flexibility index (Phi) is 6.74. The number of carbonyl (C=O) groups is 1. The number of H-pyrrole nitrogens is 1. The molecule has 2 saturated heterocycles. The number of hydrogen-bond donors (Lipinski definition) is 2. The number of methoxy groups -OCH3 is 2. The highest BCUT2D eigenvalue weighted by atomic mass is 16.5. The van der Waals surface area contributed by atoms with Crippen molar-refractivity contribution in [2.45, 2.75) is 31.7 Å². The first-order valence-corrected chi connectivity index (χ1v) is 12.2. The number of urea groups is 1. The third kappa shape index (κ3) is 5.03. The van der Waals surface area contributed by atoms with Crippen molar-refractivity contribution in [2.75, 3.05) is 55.5 Å². The lowest BCUT2D eigenvalue weighted by molar-refractivity contribution is -0.366. The molecule has 2 amide bonds. The Morgan fingerprint density at radius 3 is 2.49 bits per heavy atom. The maximum Gasteiger partial charge on any atom is 0.319 e. The molecule has 0 saturated carbocycles. The number of amides is 2. The lowest BCUT2D eigenvalue weighted by atomic mass is 10.1. The highest BCUT2D eigenvalue weighted by Gasteiger charge is 2.30. The van der Waals surface area contributed by atoms with Gasteiger partial charge in [-0.3, -0.25) is 4.90 Å². The van der Waals surface area contributed by atoms with Crippen molar-refractivity contribution >= 4 is 34.1 Å². The highest BCUT2D eigenvalue weighted by Crippen LogP contribution is 2.34. The van der Waals surface area contributed by atoms with Gasteiger partial charge in [-0.15, -0.1) is 4.98 Å². The molecule has 9 nitrogen and oxygen atoms in total. The van der Waals surface area contributed by atoms with Crippen LogP contribution in [0.1, 0.15) is 25.7 Å². The Labute approximate surface area is 205 Å². The van der Waals surface area contributed by atoms with Gasteiger partial charge in [0.1, 0.15) is 0 Å². The van der Waals surface area contributed by atoms with Gasteiger partial charge in [-0.05, 0) is 43.5 Å². The van der Waals surface area contributed by atoms with Crippen molar-refractivity contribution in [2.24, 2.45) is 0 Å². The predicted octanol–water partition coefficient (Wildman–Crippen LogP) is 3.46. The molecule has 0 spiro atoms. The van der Waals surface area contributed by atoms with Crippen LogP contribution in [0.3, 0.4) is 0 Å². The maximum absolute atomic E-state index is 12.7. The smallest absolute Gasteiger partial charge is 0.319 e. The molecule has 184 valence electrons. The second kappa shape index (κ2) is 10.2. The van der Waals surface area contributed by atoms with E-state index in [9.17, 15) is 4.79 Å². The molecule has 35 heavy (non-hydrogen) atoms. The number of ether oxygens (including phenoxy) is 2. The van der Waals surface area contributed by atoms with Crippen LogP contribution >= 0.6 is 0 Å². The van der Waals surface area contributed by atoms with E-state index < -0.39 is 0 Å². The van der Waals surface area contributed by atoms with Gasteiger partial charge in [0, 0.05) is 43.0 Å². The van der Waals surface area contributed by atoms with Crippen molar-refractivity contribution in [1.82, 2.24) is 10.3 Å². The molecular weight excluding hydrogens is 444 g/mol. The molecule has 2 aliphatic heterocycles. The first kappa shape index (κ1) is 23.0. The quantitative estimate of drug-likeness (QED) is 0.565. The molecule has 3 N–H and O–H groups in total. The van der Waals surface area contributed by atoms with Crippen molar-refractivity contribution in [3.05, 3.63) is 42.7 Å². The van der Waals surface area contributed by atoms with Gasteiger partial charge >= 0.3 is 6.03 Å². The van der Waals surface area contributed by atoms with E-state index in [1.807, 2.05) is 24.3 Å². The van der Waals surface area contributed by atoms with Crippen LogP contribution in [0.2, 0.25) is 0 Å². The summed E-state index contributed by atoms with van der Waals surface area (Å²) in [6.07, 6.45) is 6.34. The van der Waals surface area contributed by atoms with E-state index in [1.54, 1.807) is 20.5 Å². The highest BCUT2D eigenvalue weighted by molar-refractivity contribution is 5.91. The Morgan fingerprint density at radius 1 is 1.00 bits per heavy atom. The van der Waals surface area contributed by atoms with Crippen molar-refractivity contribution in [1.29, 1.82) is 0 Å². The third-order valence-corrected chi connectivity index (χ3v) is 6.85. The van der Waals surface area contributed by atoms with Gasteiger partial charge in [-0.25, -0.2) is 9.78 Å². The summed E-state index contributed by atoms with van der Waals surface area (Å²) in [7, 11) is 3.24. The third-order valence-electron chi connectivity index (χ3n) is 6.85. The van der Waals surface area contributed by atoms with E-state index in [2.05, 4.69) is 42.5 Å². The van der Waals surface area contributed by atoms with Gasteiger partial charge in [0.25, 0.3) is 0 Å². The molecule has 0 aliphatic carbocycles. The second-order valence-electron chi connectivity index (χ2n) is 9.10. The molecule has 0 bridgehead atoms. The zero-order valence-electron chi connectivity index (χ0n) is 20.3. The summed E-state index contributed by atoms with van der Waals surface area (Å²) in [5, 5.41) is 7.04. The summed E-state index contributed by atoms with van der Waals surface area (Å²) in [6.45, 7) is 3.73. The van der Waals surface area contributed by atoms with Crippen LogP contribution in [-0.2, 0) is 0 Å². The number of piperidine rings is 1. The lowest BCUT2D eigenvalue weighted by Crippen LogP contribution is -2.40. The van der Waals surface area contributed by atoms with Crippen LogP contribution in [-0.4, -0.2) is 57.5 Å². The summed E-state index contributed by atoms with van der Waals surface area (Å²) in [5.74, 6) is 2.25. The molecule has 1 atom stereocenters. The molecule has 2 fully saturated rings. The summed E-state index contributed by atoms with van der Waals surface area (Å²) in [4.78, 5) is 25.0. The largest absolute Gasteiger partial charge is 0.493 e. The Balaban J connectivity index is 1.21. The van der Waals surface area contributed by atoms with Crippen LogP contribution in [0.4, 0.5) is 22.0 Å². The molecule has 5 rings (SSSR count). The molecule has 1 aromatic heterocycles. The second-order valence-corrected chi connectivity index (χ2v) is 9.10. The molecular formula is C26H33N6O3+. The average Bonchev–Trinajstić information content (AvgIpc) is 3.36. The first-order chi connectivity index (χ1) is 17.1. The number of rotatable bonds is 6. The number of aromatic amines is 1. The summed E-state index contributed by atoms with van der Waals surface area (Å²) in [5.41, 5.74) is 2.84. The number of nitrogens with one attached hydrogen (secondary N) is 3. The molecule has 1 unspecified atom stereocenters. The Morgan fingerprint density at radius 2 is 1.74 bits per heavy atom. The van der Waals surface area contributed by atoms with Gasteiger partial charge in [-0.2, -0.15) is 0 Å². The average molecular weight is 478 g/mol. The number of carbonyl (C=O) groups excluding carboxylic acids is 1. The Hall–Kier alpha value is -3.75. The van der Waals surface area contributed by atoms with Crippen LogP contribution < -0.4 is 34.9 Å². The minimum atomic E-state index is -0.183. The molecule has 9 heteroatoms. The standard InChI is InChI=1S/C26H32N6O3/c1-34-23-14-21-22(15-24(23)35-2)27-17-28-25(21)32-13-10-19(16-32)30-26(33)29-18-6-8-20(9-7-18)31-11-4-3-5-12-31/h6-9,14-15,17,19H,3-5,10-13,16H2,1-2H3,(H2,29,30,33)/p+1. The van der Waals surface area contributed by atoms with Crippen molar-refractivity contribution in [3.8, 4) is 11.5 Å². The zero-order valence-corrected chi connectivity index (χ0v) is 20.3. The van der Waals surface area contributed by atoms with Crippen LogP contribution in [0.25, 0.3) is 10.9 Å². The summed E-state index contributed by atoms with van der Waals surface area (Å²) < 4.78 is 10.9. The normalized spacial score (nSPS) is 17.9. The summed E-state index contributed by atoms with van der Waals surface area (Å²) >= 11 is 0. The van der Waals surface area contributed by atoms with E-state index in [1.165, 1.54) is 24.9 Å². The number of anilines is 3. The van der Waals surface area contributed by atoms with Crippen LogP contribution in [0, 0.1) is 0 Å². The minimum Gasteiger partial charge on any atom is -0.493 e. The molecule has 2 aliphatic rings. The van der Waals surface area contributed by atoms with E-state index in [0.29, 0.717) is 18.0 Å². The van der Waals surface area contributed by atoms with E-state index in [0.717, 1.165) is 48.5 Å². The van der Waals surface area contributed by atoms with E-state index in [4.69, 9.17) is 9.47 Å². The molecule has 3 aromatic rings. The van der Waals surface area contributed by atoms with Crippen molar-refractivity contribution < 1.29 is 19.3 Å².